The molecule has 0 unspecified atom stereocenters. The predicted octanol–water partition coefficient (Wildman–Crippen LogP) is 3.20. The summed E-state index contributed by atoms with van der Waals surface area (Å²) >= 11 is 0. The molecule has 0 atom stereocenters. The van der Waals surface area contributed by atoms with Crippen molar-refractivity contribution in [3.05, 3.63) is 65.2 Å². The van der Waals surface area contributed by atoms with Crippen LogP contribution in [0.3, 0.4) is 0 Å². The Morgan fingerprint density at radius 3 is 2.00 bits per heavy atom. The van der Waals surface area contributed by atoms with Crippen molar-refractivity contribution in [3.63, 3.8) is 0 Å². The van der Waals surface area contributed by atoms with Crippen molar-refractivity contribution >= 4 is 17.6 Å². The highest BCUT2D eigenvalue weighted by Gasteiger charge is 2.08. The Morgan fingerprint density at radius 1 is 0.950 bits per heavy atom. The Morgan fingerprint density at radius 2 is 1.50 bits per heavy atom. The summed E-state index contributed by atoms with van der Waals surface area (Å²) in [7, 11) is 0. The van der Waals surface area contributed by atoms with Crippen LogP contribution in [0, 0.1) is 0 Å². The van der Waals surface area contributed by atoms with E-state index in [2.05, 4.69) is 12.2 Å². The van der Waals surface area contributed by atoms with Gasteiger partial charge in [-0.3, -0.25) is 4.79 Å². The first kappa shape index (κ1) is 13.8. The average Bonchev–Trinajstić information content (AvgIpc) is 2.48. The molecule has 2 aromatic carbocycles. The van der Waals surface area contributed by atoms with Crippen LogP contribution in [0.15, 0.2) is 48.5 Å². The predicted molar refractivity (Wildman–Crippen MR) is 77.2 cm³/mol. The number of amides is 1. The van der Waals surface area contributed by atoms with Crippen molar-refractivity contribution in [3.8, 4) is 0 Å². The van der Waals surface area contributed by atoms with Gasteiger partial charge in [-0.05, 0) is 48.4 Å². The second-order valence-electron chi connectivity index (χ2n) is 4.39. The summed E-state index contributed by atoms with van der Waals surface area (Å²) in [4.78, 5) is 22.7. The third-order valence-corrected chi connectivity index (χ3v) is 3.01. The molecular weight excluding hydrogens is 254 g/mol. The van der Waals surface area contributed by atoms with Crippen LogP contribution in [0.4, 0.5) is 5.69 Å². The van der Waals surface area contributed by atoms with Gasteiger partial charge in [0.2, 0.25) is 0 Å². The molecule has 0 saturated heterocycles. The van der Waals surface area contributed by atoms with Gasteiger partial charge < -0.3 is 10.4 Å². The topological polar surface area (TPSA) is 66.4 Å². The van der Waals surface area contributed by atoms with Gasteiger partial charge in [-0.1, -0.05) is 19.1 Å². The SMILES string of the molecule is CCc1ccc(NC(=O)c2ccc(C(=O)O)cc2)cc1. The van der Waals surface area contributed by atoms with Crippen molar-refractivity contribution < 1.29 is 14.7 Å². The summed E-state index contributed by atoms with van der Waals surface area (Å²) in [6, 6.07) is 13.4. The zero-order valence-corrected chi connectivity index (χ0v) is 11.1. The molecule has 20 heavy (non-hydrogen) atoms. The van der Waals surface area contributed by atoms with Crippen LogP contribution >= 0.6 is 0 Å². The maximum Gasteiger partial charge on any atom is 0.335 e. The summed E-state index contributed by atoms with van der Waals surface area (Å²) in [5, 5.41) is 11.6. The van der Waals surface area contributed by atoms with Crippen molar-refractivity contribution in [1.82, 2.24) is 0 Å². The third-order valence-electron chi connectivity index (χ3n) is 3.01. The molecule has 4 heteroatoms. The minimum Gasteiger partial charge on any atom is -0.478 e. The first-order chi connectivity index (χ1) is 9.60. The monoisotopic (exact) mass is 269 g/mol. The lowest BCUT2D eigenvalue weighted by Gasteiger charge is -2.06. The molecule has 4 nitrogen and oxygen atoms in total. The van der Waals surface area contributed by atoms with E-state index in [1.807, 2.05) is 24.3 Å². The molecule has 2 N–H and O–H groups in total. The molecule has 0 aliphatic heterocycles. The summed E-state index contributed by atoms with van der Waals surface area (Å²) in [6.07, 6.45) is 0.949. The number of benzene rings is 2. The number of anilines is 1. The first-order valence-corrected chi connectivity index (χ1v) is 6.34. The number of nitrogens with one attached hydrogen (secondary N) is 1. The summed E-state index contributed by atoms with van der Waals surface area (Å²) < 4.78 is 0. The zero-order chi connectivity index (χ0) is 14.5. The molecule has 0 bridgehead atoms. The Labute approximate surface area is 117 Å². The van der Waals surface area contributed by atoms with Gasteiger partial charge in [-0.25, -0.2) is 4.79 Å². The lowest BCUT2D eigenvalue weighted by Crippen LogP contribution is -2.12. The maximum absolute atomic E-state index is 12.0. The maximum atomic E-state index is 12.0. The summed E-state index contributed by atoms with van der Waals surface area (Å²) in [6.45, 7) is 2.07. The number of carboxylic acids is 1. The highest BCUT2D eigenvalue weighted by molar-refractivity contribution is 6.04. The second-order valence-corrected chi connectivity index (χ2v) is 4.39. The molecule has 0 radical (unpaired) electrons. The highest BCUT2D eigenvalue weighted by Crippen LogP contribution is 2.12. The highest BCUT2D eigenvalue weighted by atomic mass is 16.4. The van der Waals surface area contributed by atoms with Crippen LogP contribution in [0.1, 0.15) is 33.2 Å². The van der Waals surface area contributed by atoms with Gasteiger partial charge >= 0.3 is 5.97 Å². The van der Waals surface area contributed by atoms with E-state index >= 15 is 0 Å². The van der Waals surface area contributed by atoms with E-state index in [0.717, 1.165) is 12.1 Å². The quantitative estimate of drug-likeness (QED) is 0.895. The second kappa shape index (κ2) is 6.02. The number of rotatable bonds is 4. The smallest absolute Gasteiger partial charge is 0.335 e. The summed E-state index contributed by atoms with van der Waals surface area (Å²) in [5.74, 6) is -1.27. The van der Waals surface area contributed by atoms with Gasteiger partial charge in [0.1, 0.15) is 0 Å². The van der Waals surface area contributed by atoms with Crippen LogP contribution in [-0.2, 0) is 6.42 Å². The van der Waals surface area contributed by atoms with Gasteiger partial charge in [0.25, 0.3) is 5.91 Å². The first-order valence-electron chi connectivity index (χ1n) is 6.34. The van der Waals surface area contributed by atoms with Gasteiger partial charge in [0.15, 0.2) is 0 Å². The third kappa shape index (κ3) is 3.23. The van der Waals surface area contributed by atoms with Gasteiger partial charge in [-0.2, -0.15) is 0 Å². The van der Waals surface area contributed by atoms with E-state index in [1.165, 1.54) is 29.8 Å². The summed E-state index contributed by atoms with van der Waals surface area (Å²) in [5.41, 5.74) is 2.51. The lowest BCUT2D eigenvalue weighted by molar-refractivity contribution is 0.0696. The number of carboxylic acid groups (broad SMARTS) is 1. The molecule has 2 aromatic rings. The lowest BCUT2D eigenvalue weighted by atomic mass is 10.1. The Balaban J connectivity index is 2.08. The number of aryl methyl sites for hydroxylation is 1. The van der Waals surface area contributed by atoms with Gasteiger partial charge in [-0.15, -0.1) is 0 Å². The fourth-order valence-corrected chi connectivity index (χ4v) is 1.79. The number of aromatic carboxylic acids is 1. The van der Waals surface area contributed by atoms with Gasteiger partial charge in [0, 0.05) is 11.3 Å². The van der Waals surface area contributed by atoms with Crippen LogP contribution in [-0.4, -0.2) is 17.0 Å². The molecule has 1 amide bonds. The molecule has 2 rings (SSSR count). The molecular formula is C16H15NO3. The molecule has 102 valence electrons. The van der Waals surface area contributed by atoms with E-state index in [4.69, 9.17) is 5.11 Å². The van der Waals surface area contributed by atoms with Crippen LogP contribution in [0.25, 0.3) is 0 Å². The van der Waals surface area contributed by atoms with E-state index in [0.29, 0.717) is 5.56 Å². The largest absolute Gasteiger partial charge is 0.478 e. The van der Waals surface area contributed by atoms with E-state index < -0.39 is 5.97 Å². The van der Waals surface area contributed by atoms with Crippen molar-refractivity contribution in [2.75, 3.05) is 5.32 Å². The number of hydrogen-bond acceptors (Lipinski definition) is 2. The number of carbonyl (C=O) groups excluding carboxylic acids is 1. The molecule has 0 aliphatic rings. The van der Waals surface area contributed by atoms with Crippen molar-refractivity contribution in [1.29, 1.82) is 0 Å². The Kier molecular flexibility index (Phi) is 4.15. The molecule has 0 heterocycles. The Bertz CT molecular complexity index is 615. The standard InChI is InChI=1S/C16H15NO3/c1-2-11-3-9-14(10-4-11)17-15(18)12-5-7-13(8-6-12)16(19)20/h3-10H,2H2,1H3,(H,17,18)(H,19,20). The molecule has 0 fully saturated rings. The molecule has 0 saturated carbocycles. The average molecular weight is 269 g/mol. The minimum atomic E-state index is -1.01. The fourth-order valence-electron chi connectivity index (χ4n) is 1.79. The van der Waals surface area contributed by atoms with Crippen molar-refractivity contribution in [2.45, 2.75) is 13.3 Å². The molecule has 0 spiro atoms. The van der Waals surface area contributed by atoms with E-state index in [9.17, 15) is 9.59 Å². The fraction of sp³-hybridized carbons (Fsp3) is 0.125. The van der Waals surface area contributed by atoms with Gasteiger partial charge in [0.05, 0.1) is 5.56 Å². The zero-order valence-electron chi connectivity index (χ0n) is 11.1. The Hall–Kier alpha value is -2.62. The molecule has 0 aliphatic carbocycles. The number of carbonyl (C=O) groups is 2. The van der Waals surface area contributed by atoms with Crippen molar-refractivity contribution in [2.24, 2.45) is 0 Å². The number of hydrogen-bond donors (Lipinski definition) is 2. The van der Waals surface area contributed by atoms with Crippen LogP contribution in [0.5, 0.6) is 0 Å². The van der Waals surface area contributed by atoms with Crippen LogP contribution < -0.4 is 5.32 Å². The van der Waals surface area contributed by atoms with E-state index in [1.54, 1.807) is 0 Å². The normalized spacial score (nSPS) is 10.1. The van der Waals surface area contributed by atoms with E-state index in [-0.39, 0.29) is 11.5 Å². The minimum absolute atomic E-state index is 0.161. The van der Waals surface area contributed by atoms with Crippen LogP contribution in [0.2, 0.25) is 0 Å². The molecule has 0 aromatic heterocycles.